The van der Waals surface area contributed by atoms with Crippen LogP contribution in [0.4, 0.5) is 0 Å². The van der Waals surface area contributed by atoms with Gasteiger partial charge in [-0.05, 0) is 36.4 Å². The molecule has 1 aliphatic heterocycles. The molecule has 1 amide bonds. The summed E-state index contributed by atoms with van der Waals surface area (Å²) in [5.74, 6) is 0.657. The lowest BCUT2D eigenvalue weighted by atomic mass is 9.98. The van der Waals surface area contributed by atoms with Crippen molar-refractivity contribution in [2.75, 3.05) is 19.6 Å². The first-order chi connectivity index (χ1) is 10.6. The number of likely N-dealkylation sites (tertiary alicyclic amines) is 1. The Balaban J connectivity index is 1.93. The van der Waals surface area contributed by atoms with Crippen LogP contribution in [0.5, 0.6) is 0 Å². The van der Waals surface area contributed by atoms with Gasteiger partial charge in [-0.3, -0.25) is 9.69 Å². The van der Waals surface area contributed by atoms with E-state index in [4.69, 9.17) is 5.73 Å². The molecule has 22 heavy (non-hydrogen) atoms. The van der Waals surface area contributed by atoms with E-state index in [2.05, 4.69) is 41.4 Å². The lowest BCUT2D eigenvalue weighted by molar-refractivity contribution is -0.119. The van der Waals surface area contributed by atoms with E-state index in [-0.39, 0.29) is 5.91 Å². The highest BCUT2D eigenvalue weighted by atomic mass is 16.1. The number of hydrogen-bond acceptors (Lipinski definition) is 3. The van der Waals surface area contributed by atoms with Crippen molar-refractivity contribution in [2.24, 2.45) is 11.7 Å². The van der Waals surface area contributed by atoms with Crippen molar-refractivity contribution < 1.29 is 4.79 Å². The molecule has 2 atom stereocenters. The Morgan fingerprint density at radius 1 is 1.27 bits per heavy atom. The molecule has 0 aromatic heterocycles. The highest BCUT2D eigenvalue weighted by Crippen LogP contribution is 2.23. The summed E-state index contributed by atoms with van der Waals surface area (Å²) in [6.45, 7) is 7.51. The number of carbonyl (C=O) groups excluding carboxylic acids is 1. The molecule has 4 nitrogen and oxygen atoms in total. The Bertz CT molecular complexity index is 472. The third kappa shape index (κ3) is 4.82. The third-order valence-electron chi connectivity index (χ3n) is 4.43. The third-order valence-corrected chi connectivity index (χ3v) is 4.43. The largest absolute Gasteiger partial charge is 0.352 e. The Morgan fingerprint density at radius 2 is 1.95 bits per heavy atom. The summed E-state index contributed by atoms with van der Waals surface area (Å²) in [4.78, 5) is 13.8. The predicted octanol–water partition coefficient (Wildman–Crippen LogP) is 1.92. The molecule has 0 bridgehead atoms. The monoisotopic (exact) mass is 303 g/mol. The molecule has 2 rings (SSSR count). The lowest BCUT2D eigenvalue weighted by Gasteiger charge is -2.18. The second-order valence-corrected chi connectivity index (χ2v) is 6.41. The first-order valence-corrected chi connectivity index (χ1v) is 8.39. The first kappa shape index (κ1) is 17.0. The molecule has 1 aromatic rings. The number of benzene rings is 1. The van der Waals surface area contributed by atoms with E-state index in [1.165, 1.54) is 24.0 Å². The van der Waals surface area contributed by atoms with E-state index in [1.54, 1.807) is 6.92 Å². The molecule has 1 aliphatic rings. The Labute approximate surface area is 134 Å². The van der Waals surface area contributed by atoms with Gasteiger partial charge in [0.1, 0.15) is 0 Å². The van der Waals surface area contributed by atoms with Crippen molar-refractivity contribution in [3.05, 3.63) is 35.4 Å². The molecule has 0 saturated carbocycles. The minimum atomic E-state index is 0.0825. The van der Waals surface area contributed by atoms with Crippen LogP contribution in [0, 0.1) is 5.92 Å². The topological polar surface area (TPSA) is 58.4 Å². The van der Waals surface area contributed by atoms with Gasteiger partial charge in [-0.15, -0.1) is 0 Å². The average molecular weight is 303 g/mol. The summed E-state index contributed by atoms with van der Waals surface area (Å²) in [6, 6.07) is 9.05. The van der Waals surface area contributed by atoms with Crippen molar-refractivity contribution in [3.8, 4) is 0 Å². The number of amides is 1. The van der Waals surface area contributed by atoms with E-state index in [9.17, 15) is 4.79 Å². The van der Waals surface area contributed by atoms with Crippen LogP contribution in [0.1, 0.15) is 37.8 Å². The van der Waals surface area contributed by atoms with Gasteiger partial charge in [0, 0.05) is 32.6 Å². The van der Waals surface area contributed by atoms with Crippen LogP contribution in [-0.4, -0.2) is 36.5 Å². The number of nitrogens with two attached hydrogens (primary N) is 1. The molecular weight excluding hydrogens is 274 g/mol. The van der Waals surface area contributed by atoms with Gasteiger partial charge in [-0.2, -0.15) is 0 Å². The molecule has 1 heterocycles. The van der Waals surface area contributed by atoms with Gasteiger partial charge >= 0.3 is 0 Å². The van der Waals surface area contributed by atoms with Crippen LogP contribution in [0.15, 0.2) is 24.3 Å². The fraction of sp³-hybridized carbons (Fsp3) is 0.611. The smallest absolute Gasteiger partial charge is 0.217 e. The Kier molecular flexibility index (Phi) is 6.40. The van der Waals surface area contributed by atoms with Gasteiger partial charge in [-0.25, -0.2) is 0 Å². The minimum absolute atomic E-state index is 0.0825. The lowest BCUT2D eigenvalue weighted by Crippen LogP contribution is -2.39. The van der Waals surface area contributed by atoms with Gasteiger partial charge in [0.25, 0.3) is 0 Å². The quantitative estimate of drug-likeness (QED) is 0.809. The summed E-state index contributed by atoms with van der Waals surface area (Å²) in [7, 11) is 0. The van der Waals surface area contributed by atoms with Crippen molar-refractivity contribution in [1.29, 1.82) is 0 Å². The molecule has 4 heteroatoms. The molecule has 1 fully saturated rings. The second kappa shape index (κ2) is 8.30. The predicted molar refractivity (Wildman–Crippen MR) is 90.5 cm³/mol. The van der Waals surface area contributed by atoms with Crippen LogP contribution in [0.2, 0.25) is 0 Å². The van der Waals surface area contributed by atoms with Gasteiger partial charge in [0.2, 0.25) is 5.91 Å². The van der Waals surface area contributed by atoms with Crippen molar-refractivity contribution in [2.45, 2.75) is 45.7 Å². The van der Waals surface area contributed by atoms with Gasteiger partial charge in [0.05, 0.1) is 0 Å². The maximum atomic E-state index is 11.4. The highest BCUT2D eigenvalue weighted by molar-refractivity contribution is 5.73. The fourth-order valence-electron chi connectivity index (χ4n) is 3.41. The van der Waals surface area contributed by atoms with Crippen LogP contribution >= 0.6 is 0 Å². The molecular formula is C18H29N3O. The first-order valence-electron chi connectivity index (χ1n) is 8.39. The maximum Gasteiger partial charge on any atom is 0.217 e. The van der Waals surface area contributed by atoms with Gasteiger partial charge in [0.15, 0.2) is 0 Å². The molecule has 0 radical (unpaired) electrons. The van der Waals surface area contributed by atoms with E-state index >= 15 is 0 Å². The molecule has 1 saturated heterocycles. The number of carbonyl (C=O) groups is 1. The Morgan fingerprint density at radius 3 is 2.55 bits per heavy atom. The molecule has 0 spiro atoms. The maximum absolute atomic E-state index is 11.4. The summed E-state index contributed by atoms with van der Waals surface area (Å²) in [5, 5.41) is 3.12. The van der Waals surface area contributed by atoms with Crippen LogP contribution in [0.25, 0.3) is 0 Å². The van der Waals surface area contributed by atoms with Crippen molar-refractivity contribution in [3.63, 3.8) is 0 Å². The Hall–Kier alpha value is -1.39. The van der Waals surface area contributed by atoms with Gasteiger partial charge < -0.3 is 11.1 Å². The molecule has 122 valence electrons. The molecule has 1 aromatic carbocycles. The van der Waals surface area contributed by atoms with E-state index < -0.39 is 0 Å². The number of hydrogen-bond donors (Lipinski definition) is 2. The van der Waals surface area contributed by atoms with E-state index in [0.717, 1.165) is 26.1 Å². The van der Waals surface area contributed by atoms with E-state index in [1.807, 2.05) is 0 Å². The summed E-state index contributed by atoms with van der Waals surface area (Å²) in [6.07, 6.45) is 3.28. The summed E-state index contributed by atoms with van der Waals surface area (Å²) < 4.78 is 0. The van der Waals surface area contributed by atoms with E-state index in [0.29, 0.717) is 18.5 Å². The zero-order valence-corrected chi connectivity index (χ0v) is 13.8. The van der Waals surface area contributed by atoms with Crippen molar-refractivity contribution in [1.82, 2.24) is 10.2 Å². The zero-order chi connectivity index (χ0) is 15.9. The molecule has 0 aliphatic carbocycles. The van der Waals surface area contributed by atoms with Crippen molar-refractivity contribution >= 4 is 5.91 Å². The van der Waals surface area contributed by atoms with Gasteiger partial charge in [-0.1, -0.05) is 37.6 Å². The standard InChI is InChI=1S/C18H29N3O/c1-3-4-17-12-21(13-18(17)20-14(2)22)11-16-7-5-15(6-8-16)9-10-19/h5-8,17-18H,3-4,9-13,19H2,1-2H3,(H,20,22). The zero-order valence-electron chi connectivity index (χ0n) is 13.8. The molecule has 3 N–H and O–H groups in total. The number of nitrogens with zero attached hydrogens (tertiary/aromatic N) is 1. The average Bonchev–Trinajstić information content (AvgIpc) is 2.83. The summed E-state index contributed by atoms with van der Waals surface area (Å²) >= 11 is 0. The number of rotatable bonds is 7. The minimum Gasteiger partial charge on any atom is -0.352 e. The highest BCUT2D eigenvalue weighted by Gasteiger charge is 2.32. The summed E-state index contributed by atoms with van der Waals surface area (Å²) in [5.41, 5.74) is 8.22. The second-order valence-electron chi connectivity index (χ2n) is 6.41. The SMILES string of the molecule is CCCC1CN(Cc2ccc(CCN)cc2)CC1NC(C)=O. The number of nitrogens with one attached hydrogen (secondary N) is 1. The normalized spacial score (nSPS) is 22.0. The fourth-order valence-corrected chi connectivity index (χ4v) is 3.41. The van der Waals surface area contributed by atoms with Crippen LogP contribution in [-0.2, 0) is 17.8 Å². The molecule has 2 unspecified atom stereocenters. The van der Waals surface area contributed by atoms with Crippen LogP contribution < -0.4 is 11.1 Å². The van der Waals surface area contributed by atoms with Crippen LogP contribution in [0.3, 0.4) is 0 Å².